The molecule has 0 saturated carbocycles. The fraction of sp³-hybridized carbons (Fsp3) is 0.667. The minimum Gasteiger partial charge on any atom is -0.314 e. The number of H-pyrrole nitrogens is 1. The predicted octanol–water partition coefficient (Wildman–Crippen LogP) is 0.0422. The van der Waals surface area contributed by atoms with Gasteiger partial charge in [0, 0.05) is 26.2 Å². The Morgan fingerprint density at radius 2 is 1.82 bits per heavy atom. The van der Waals surface area contributed by atoms with E-state index in [1.165, 1.54) is 4.31 Å². The quantitative estimate of drug-likeness (QED) is 0.802. The Bertz CT molecular complexity index is 460. The fourth-order valence-electron chi connectivity index (χ4n) is 1.93. The molecule has 0 spiro atoms. The second-order valence-corrected chi connectivity index (χ2v) is 5.79. The Labute approximate surface area is 107 Å². The van der Waals surface area contributed by atoms with Crippen LogP contribution in [0.25, 0.3) is 0 Å². The van der Waals surface area contributed by atoms with Crippen LogP contribution in [-0.4, -0.2) is 49.1 Å². The molecule has 1 saturated heterocycles. The summed E-state index contributed by atoms with van der Waals surface area (Å²) in [6, 6.07) is 0. The molecule has 2 rings (SSSR count). The van der Waals surface area contributed by atoms with Crippen LogP contribution in [0.5, 0.6) is 0 Å². The first-order chi connectivity index (χ1) is 7.53. The molecular formula is C9H17ClN4O2S. The van der Waals surface area contributed by atoms with Crippen molar-refractivity contribution in [3.63, 3.8) is 0 Å². The van der Waals surface area contributed by atoms with E-state index in [2.05, 4.69) is 15.5 Å². The molecule has 8 heteroatoms. The van der Waals surface area contributed by atoms with Gasteiger partial charge in [0.25, 0.3) is 0 Å². The Kier molecular flexibility index (Phi) is 4.54. The van der Waals surface area contributed by atoms with Gasteiger partial charge in [0.2, 0.25) is 10.0 Å². The van der Waals surface area contributed by atoms with Crippen molar-refractivity contribution in [3.05, 3.63) is 11.4 Å². The minimum absolute atomic E-state index is 0. The maximum Gasteiger partial charge on any atom is 0.246 e. The number of aryl methyl sites for hydroxylation is 2. The lowest BCUT2D eigenvalue weighted by Crippen LogP contribution is -2.46. The van der Waals surface area contributed by atoms with Gasteiger partial charge in [-0.05, 0) is 13.8 Å². The maximum atomic E-state index is 12.3. The van der Waals surface area contributed by atoms with Gasteiger partial charge in [0.1, 0.15) is 4.90 Å². The van der Waals surface area contributed by atoms with Gasteiger partial charge in [-0.1, -0.05) is 0 Å². The number of hydrogen-bond donors (Lipinski definition) is 2. The molecule has 1 aliphatic rings. The topological polar surface area (TPSA) is 78.1 Å². The average Bonchev–Trinajstić information content (AvgIpc) is 2.60. The number of halogens is 1. The molecular weight excluding hydrogens is 264 g/mol. The molecule has 0 aliphatic carbocycles. The molecule has 0 bridgehead atoms. The van der Waals surface area contributed by atoms with E-state index in [9.17, 15) is 8.42 Å². The molecule has 0 radical (unpaired) electrons. The minimum atomic E-state index is -3.38. The Balaban J connectivity index is 0.00000144. The molecule has 6 nitrogen and oxygen atoms in total. The van der Waals surface area contributed by atoms with Crippen molar-refractivity contribution in [1.82, 2.24) is 19.8 Å². The highest BCUT2D eigenvalue weighted by Crippen LogP contribution is 2.21. The lowest BCUT2D eigenvalue weighted by Gasteiger charge is -2.26. The SMILES string of the molecule is Cc1n[nH]c(C)c1S(=O)(=O)N1CCNCC1.Cl. The number of aromatic amines is 1. The Hall–Kier alpha value is -0.630. The summed E-state index contributed by atoms with van der Waals surface area (Å²) in [6.45, 7) is 5.89. The van der Waals surface area contributed by atoms with E-state index in [0.717, 1.165) is 0 Å². The number of hydrogen-bond acceptors (Lipinski definition) is 4. The van der Waals surface area contributed by atoms with Crippen LogP contribution in [0.2, 0.25) is 0 Å². The summed E-state index contributed by atoms with van der Waals surface area (Å²) in [5.41, 5.74) is 1.15. The molecule has 1 aromatic rings. The van der Waals surface area contributed by atoms with Crippen LogP contribution >= 0.6 is 12.4 Å². The van der Waals surface area contributed by atoms with Gasteiger partial charge < -0.3 is 5.32 Å². The van der Waals surface area contributed by atoms with Crippen molar-refractivity contribution in [1.29, 1.82) is 0 Å². The predicted molar refractivity (Wildman–Crippen MR) is 66.9 cm³/mol. The average molecular weight is 281 g/mol. The van der Waals surface area contributed by atoms with Crippen molar-refractivity contribution in [3.8, 4) is 0 Å². The zero-order chi connectivity index (χ0) is 11.8. The number of piperazine rings is 1. The molecule has 1 fully saturated rings. The maximum absolute atomic E-state index is 12.3. The van der Waals surface area contributed by atoms with E-state index in [1.54, 1.807) is 13.8 Å². The van der Waals surface area contributed by atoms with E-state index in [-0.39, 0.29) is 12.4 Å². The van der Waals surface area contributed by atoms with Gasteiger partial charge in [0.15, 0.2) is 0 Å². The van der Waals surface area contributed by atoms with Gasteiger partial charge in [0.05, 0.1) is 11.4 Å². The highest BCUT2D eigenvalue weighted by atomic mass is 35.5. The summed E-state index contributed by atoms with van der Waals surface area (Å²) in [4.78, 5) is 0.328. The molecule has 2 N–H and O–H groups in total. The van der Waals surface area contributed by atoms with Crippen LogP contribution in [0, 0.1) is 13.8 Å². The first kappa shape index (κ1) is 14.4. The normalized spacial score (nSPS) is 17.8. The van der Waals surface area contributed by atoms with Crippen molar-refractivity contribution in [2.24, 2.45) is 0 Å². The summed E-state index contributed by atoms with van der Waals surface area (Å²) in [6.07, 6.45) is 0. The molecule has 2 heterocycles. The van der Waals surface area contributed by atoms with E-state index < -0.39 is 10.0 Å². The summed E-state index contributed by atoms with van der Waals surface area (Å²) in [5, 5.41) is 9.77. The first-order valence-electron chi connectivity index (χ1n) is 5.26. The highest BCUT2D eigenvalue weighted by Gasteiger charge is 2.30. The lowest BCUT2D eigenvalue weighted by molar-refractivity contribution is 0.360. The molecule has 0 atom stereocenters. The molecule has 1 aliphatic heterocycles. The molecule has 0 aromatic carbocycles. The summed E-state index contributed by atoms with van der Waals surface area (Å²) in [5.74, 6) is 0. The number of sulfonamides is 1. The number of nitrogens with one attached hydrogen (secondary N) is 2. The van der Waals surface area contributed by atoms with Crippen LogP contribution in [0.1, 0.15) is 11.4 Å². The second-order valence-electron chi connectivity index (χ2n) is 3.92. The van der Waals surface area contributed by atoms with Crippen LogP contribution in [-0.2, 0) is 10.0 Å². The summed E-state index contributed by atoms with van der Waals surface area (Å²) in [7, 11) is -3.38. The van der Waals surface area contributed by atoms with E-state index >= 15 is 0 Å². The first-order valence-corrected chi connectivity index (χ1v) is 6.70. The van der Waals surface area contributed by atoms with Crippen LogP contribution in [0.4, 0.5) is 0 Å². The molecule has 0 unspecified atom stereocenters. The van der Waals surface area contributed by atoms with Gasteiger partial charge in [-0.3, -0.25) is 5.10 Å². The zero-order valence-corrected chi connectivity index (χ0v) is 11.5. The second kappa shape index (κ2) is 5.34. The third-order valence-corrected chi connectivity index (χ3v) is 4.90. The van der Waals surface area contributed by atoms with Crippen molar-refractivity contribution in [2.45, 2.75) is 18.7 Å². The molecule has 0 amide bonds. The van der Waals surface area contributed by atoms with Crippen LogP contribution in [0.15, 0.2) is 4.90 Å². The third kappa shape index (κ3) is 2.62. The van der Waals surface area contributed by atoms with E-state index in [4.69, 9.17) is 0 Å². The van der Waals surface area contributed by atoms with Gasteiger partial charge in [-0.15, -0.1) is 12.4 Å². The molecule has 98 valence electrons. The number of aromatic nitrogens is 2. The largest absolute Gasteiger partial charge is 0.314 e. The smallest absolute Gasteiger partial charge is 0.246 e. The van der Waals surface area contributed by atoms with E-state index in [0.29, 0.717) is 42.5 Å². The van der Waals surface area contributed by atoms with E-state index in [1.807, 2.05) is 0 Å². The van der Waals surface area contributed by atoms with Gasteiger partial charge in [-0.2, -0.15) is 9.40 Å². The standard InChI is InChI=1S/C9H16N4O2S.ClH/c1-7-9(8(2)12-11-7)16(14,15)13-5-3-10-4-6-13;/h10H,3-6H2,1-2H3,(H,11,12);1H. The fourth-order valence-corrected chi connectivity index (χ4v) is 3.71. The van der Waals surface area contributed by atoms with Crippen LogP contribution in [0.3, 0.4) is 0 Å². The zero-order valence-electron chi connectivity index (χ0n) is 9.86. The molecule has 17 heavy (non-hydrogen) atoms. The lowest BCUT2D eigenvalue weighted by atomic mass is 10.4. The van der Waals surface area contributed by atoms with Crippen molar-refractivity contribution >= 4 is 22.4 Å². The van der Waals surface area contributed by atoms with Gasteiger partial charge >= 0.3 is 0 Å². The van der Waals surface area contributed by atoms with Crippen LogP contribution < -0.4 is 5.32 Å². The van der Waals surface area contributed by atoms with Crippen molar-refractivity contribution in [2.75, 3.05) is 26.2 Å². The Morgan fingerprint density at radius 1 is 1.24 bits per heavy atom. The summed E-state index contributed by atoms with van der Waals surface area (Å²) < 4.78 is 26.2. The monoisotopic (exact) mass is 280 g/mol. The van der Waals surface area contributed by atoms with Crippen molar-refractivity contribution < 1.29 is 8.42 Å². The highest BCUT2D eigenvalue weighted by molar-refractivity contribution is 7.89. The molecule has 1 aromatic heterocycles. The number of rotatable bonds is 2. The summed E-state index contributed by atoms with van der Waals surface area (Å²) >= 11 is 0. The van der Waals surface area contributed by atoms with Gasteiger partial charge in [-0.25, -0.2) is 8.42 Å². The third-order valence-electron chi connectivity index (χ3n) is 2.73. The Morgan fingerprint density at radius 3 is 2.29 bits per heavy atom. The number of nitrogens with zero attached hydrogens (tertiary/aromatic N) is 2.